The topological polar surface area (TPSA) is 31.2 Å². The van der Waals surface area contributed by atoms with Crippen LogP contribution in [0.2, 0.25) is 0 Å². The van der Waals surface area contributed by atoms with Gasteiger partial charge in [0, 0.05) is 24.1 Å². The number of hydrogen-bond donors (Lipinski definition) is 0. The number of ether oxygens (including phenoxy) is 1. The Morgan fingerprint density at radius 1 is 1.50 bits per heavy atom. The van der Waals surface area contributed by atoms with E-state index in [1.807, 2.05) is 19.9 Å². The molecule has 1 aliphatic rings. The van der Waals surface area contributed by atoms with Crippen LogP contribution in [-0.4, -0.2) is 23.6 Å². The molecule has 3 heteroatoms. The maximum absolute atomic E-state index is 10.9. The molecular weight excluding hydrogens is 202 g/mol. The van der Waals surface area contributed by atoms with Gasteiger partial charge in [0.15, 0.2) is 6.29 Å². The maximum Gasteiger partial charge on any atom is 0.151 e. The quantitative estimate of drug-likeness (QED) is 0.731. The molecule has 0 atom stereocenters. The minimum atomic E-state index is 0.00863. The van der Waals surface area contributed by atoms with Crippen molar-refractivity contribution in [1.82, 2.24) is 4.57 Å². The number of aromatic nitrogens is 1. The highest BCUT2D eigenvalue weighted by Crippen LogP contribution is 2.37. The third-order valence-electron chi connectivity index (χ3n) is 3.88. The fraction of sp³-hybridized carbons (Fsp3) is 0.615. The number of carbonyl (C=O) groups excluding carboxylic acids is 1. The average Bonchev–Trinajstić information content (AvgIpc) is 2.49. The van der Waals surface area contributed by atoms with E-state index in [2.05, 4.69) is 4.57 Å². The van der Waals surface area contributed by atoms with Gasteiger partial charge >= 0.3 is 0 Å². The van der Waals surface area contributed by atoms with Gasteiger partial charge in [0.1, 0.15) is 0 Å². The Kier molecular flexibility index (Phi) is 2.89. The van der Waals surface area contributed by atoms with Crippen LogP contribution in [0.1, 0.15) is 41.0 Å². The van der Waals surface area contributed by atoms with Gasteiger partial charge in [-0.3, -0.25) is 4.79 Å². The second kappa shape index (κ2) is 4.06. The Balaban J connectivity index is 2.27. The first-order valence-electron chi connectivity index (χ1n) is 5.79. The summed E-state index contributed by atoms with van der Waals surface area (Å²) in [4.78, 5) is 10.9. The highest BCUT2D eigenvalue weighted by atomic mass is 16.5. The van der Waals surface area contributed by atoms with Gasteiger partial charge in [-0.05, 0) is 39.2 Å². The van der Waals surface area contributed by atoms with E-state index in [1.54, 1.807) is 7.11 Å². The van der Waals surface area contributed by atoms with E-state index in [-0.39, 0.29) is 5.60 Å². The molecule has 0 N–H and O–H groups in total. The average molecular weight is 221 g/mol. The summed E-state index contributed by atoms with van der Waals surface area (Å²) in [6, 6.07) is 1.95. The zero-order valence-corrected chi connectivity index (χ0v) is 10.2. The Bertz CT molecular complexity index is 397. The Hall–Kier alpha value is -1.09. The minimum absolute atomic E-state index is 0.00863. The zero-order valence-electron chi connectivity index (χ0n) is 10.2. The predicted molar refractivity (Wildman–Crippen MR) is 62.9 cm³/mol. The second-order valence-electron chi connectivity index (χ2n) is 4.77. The van der Waals surface area contributed by atoms with Crippen molar-refractivity contribution >= 4 is 6.29 Å². The van der Waals surface area contributed by atoms with Crippen molar-refractivity contribution in [2.45, 2.75) is 45.3 Å². The molecule has 1 aromatic rings. The molecule has 1 aliphatic carbocycles. The van der Waals surface area contributed by atoms with E-state index in [0.717, 1.165) is 42.6 Å². The Labute approximate surface area is 96.4 Å². The largest absolute Gasteiger partial charge is 0.376 e. The lowest BCUT2D eigenvalue weighted by atomic mass is 9.80. The van der Waals surface area contributed by atoms with Crippen molar-refractivity contribution in [3.8, 4) is 0 Å². The number of carbonyl (C=O) groups is 1. The molecule has 0 radical (unpaired) electrons. The van der Waals surface area contributed by atoms with E-state index >= 15 is 0 Å². The fourth-order valence-electron chi connectivity index (χ4n) is 2.48. The highest BCUT2D eigenvalue weighted by Gasteiger charge is 2.37. The first-order valence-corrected chi connectivity index (χ1v) is 5.79. The van der Waals surface area contributed by atoms with Crippen molar-refractivity contribution in [3.63, 3.8) is 0 Å². The van der Waals surface area contributed by atoms with E-state index in [4.69, 9.17) is 4.74 Å². The summed E-state index contributed by atoms with van der Waals surface area (Å²) in [5.74, 6) is 0. The summed E-state index contributed by atoms with van der Waals surface area (Å²) in [5, 5.41) is 0. The van der Waals surface area contributed by atoms with E-state index in [9.17, 15) is 4.79 Å². The van der Waals surface area contributed by atoms with Crippen LogP contribution in [0.5, 0.6) is 0 Å². The maximum atomic E-state index is 10.9. The van der Waals surface area contributed by atoms with Crippen LogP contribution in [-0.2, 0) is 11.3 Å². The molecule has 88 valence electrons. The summed E-state index contributed by atoms with van der Waals surface area (Å²) in [5.41, 5.74) is 3.00. The predicted octanol–water partition coefficient (Wildman–Crippen LogP) is 2.49. The summed E-state index contributed by atoms with van der Waals surface area (Å²) in [6.07, 6.45) is 4.42. The lowest BCUT2D eigenvalue weighted by molar-refractivity contribution is -0.0840. The van der Waals surface area contributed by atoms with Crippen molar-refractivity contribution < 1.29 is 9.53 Å². The number of hydrogen-bond acceptors (Lipinski definition) is 2. The third kappa shape index (κ3) is 1.69. The molecule has 3 nitrogen and oxygen atoms in total. The summed E-state index contributed by atoms with van der Waals surface area (Å²) >= 11 is 0. The van der Waals surface area contributed by atoms with Crippen molar-refractivity contribution in [3.05, 3.63) is 23.0 Å². The lowest BCUT2D eigenvalue weighted by Gasteiger charge is -2.41. The molecule has 0 spiro atoms. The number of methoxy groups -OCH3 is 1. The van der Waals surface area contributed by atoms with Crippen LogP contribution in [0.4, 0.5) is 0 Å². The smallest absolute Gasteiger partial charge is 0.151 e. The number of aldehydes is 1. The summed E-state index contributed by atoms with van der Waals surface area (Å²) < 4.78 is 7.82. The van der Waals surface area contributed by atoms with Gasteiger partial charge in [0.05, 0.1) is 12.1 Å². The molecule has 0 unspecified atom stereocenters. The monoisotopic (exact) mass is 221 g/mol. The van der Waals surface area contributed by atoms with Gasteiger partial charge in [-0.2, -0.15) is 0 Å². The molecule has 1 heterocycles. The number of rotatable bonds is 4. The van der Waals surface area contributed by atoms with Crippen molar-refractivity contribution in [1.29, 1.82) is 0 Å². The van der Waals surface area contributed by atoms with Gasteiger partial charge in [-0.1, -0.05) is 0 Å². The van der Waals surface area contributed by atoms with E-state index < -0.39 is 0 Å². The highest BCUT2D eigenvalue weighted by molar-refractivity contribution is 5.77. The standard InChI is InChI=1S/C13H19NO2/c1-10-7-12(8-15)11(2)14(10)9-13(16-3)5-4-6-13/h7-8H,4-6,9H2,1-3H3. The first kappa shape index (κ1) is 11.4. The molecule has 0 aromatic carbocycles. The molecule has 1 saturated carbocycles. The summed E-state index contributed by atoms with van der Waals surface area (Å²) in [6.45, 7) is 4.91. The molecule has 0 bridgehead atoms. The molecule has 16 heavy (non-hydrogen) atoms. The number of nitrogens with zero attached hydrogens (tertiary/aromatic N) is 1. The van der Waals surface area contributed by atoms with Gasteiger partial charge in [-0.15, -0.1) is 0 Å². The molecule has 0 aliphatic heterocycles. The Morgan fingerprint density at radius 3 is 2.56 bits per heavy atom. The van der Waals surface area contributed by atoms with Gasteiger partial charge in [0.2, 0.25) is 0 Å². The molecule has 0 amide bonds. The lowest BCUT2D eigenvalue weighted by Crippen LogP contribution is -2.43. The minimum Gasteiger partial charge on any atom is -0.376 e. The summed E-state index contributed by atoms with van der Waals surface area (Å²) in [7, 11) is 1.79. The normalized spacial score (nSPS) is 18.2. The van der Waals surface area contributed by atoms with Crippen LogP contribution in [0.15, 0.2) is 6.07 Å². The van der Waals surface area contributed by atoms with E-state index in [0.29, 0.717) is 0 Å². The van der Waals surface area contributed by atoms with Crippen molar-refractivity contribution in [2.24, 2.45) is 0 Å². The van der Waals surface area contributed by atoms with Crippen LogP contribution < -0.4 is 0 Å². The van der Waals surface area contributed by atoms with Crippen LogP contribution in [0, 0.1) is 13.8 Å². The van der Waals surface area contributed by atoms with Crippen LogP contribution in [0.25, 0.3) is 0 Å². The fourth-order valence-corrected chi connectivity index (χ4v) is 2.48. The van der Waals surface area contributed by atoms with Crippen molar-refractivity contribution in [2.75, 3.05) is 7.11 Å². The molecule has 1 aromatic heterocycles. The SMILES string of the molecule is COC1(Cn2c(C)cc(C=O)c2C)CCC1. The zero-order chi connectivity index (χ0) is 11.8. The van der Waals surface area contributed by atoms with E-state index in [1.165, 1.54) is 6.42 Å². The number of aryl methyl sites for hydroxylation is 1. The molecule has 1 fully saturated rings. The molecule has 0 saturated heterocycles. The van der Waals surface area contributed by atoms with Gasteiger partial charge < -0.3 is 9.30 Å². The van der Waals surface area contributed by atoms with Gasteiger partial charge in [0.25, 0.3) is 0 Å². The van der Waals surface area contributed by atoms with Gasteiger partial charge in [-0.25, -0.2) is 0 Å². The Morgan fingerprint density at radius 2 is 2.19 bits per heavy atom. The molecule has 2 rings (SSSR count). The molecular formula is C13H19NO2. The van der Waals surface area contributed by atoms with Crippen LogP contribution >= 0.6 is 0 Å². The second-order valence-corrected chi connectivity index (χ2v) is 4.77. The third-order valence-corrected chi connectivity index (χ3v) is 3.88. The first-order chi connectivity index (χ1) is 7.62. The van der Waals surface area contributed by atoms with Crippen LogP contribution in [0.3, 0.4) is 0 Å².